The molecule has 1 aromatic heterocycles. The second-order valence-corrected chi connectivity index (χ2v) is 6.04. The van der Waals surface area contributed by atoms with Gasteiger partial charge in [-0.15, -0.1) is 0 Å². The number of aromatic nitrogens is 2. The minimum Gasteiger partial charge on any atom is -0.368 e. The second kappa shape index (κ2) is 7.26. The van der Waals surface area contributed by atoms with Crippen molar-refractivity contribution in [2.45, 2.75) is 46.2 Å². The topological polar surface area (TPSA) is 90.0 Å². The van der Waals surface area contributed by atoms with E-state index in [1.165, 1.54) is 0 Å². The van der Waals surface area contributed by atoms with Crippen molar-refractivity contribution in [2.75, 3.05) is 0 Å². The summed E-state index contributed by atoms with van der Waals surface area (Å²) in [7, 11) is 0. The predicted molar refractivity (Wildman–Crippen MR) is 89.9 cm³/mol. The van der Waals surface area contributed by atoms with E-state index >= 15 is 0 Å². The Labute approximate surface area is 136 Å². The number of nitrogens with two attached hydrogens (primary N) is 1. The SMILES string of the molecule is CCCCn1nc(C(=O)N[C@H](C(N)=O)C(C)C)c2ccccc21. The van der Waals surface area contributed by atoms with Crippen LogP contribution < -0.4 is 11.1 Å². The van der Waals surface area contributed by atoms with Gasteiger partial charge in [0.1, 0.15) is 6.04 Å². The number of fused-ring (bicyclic) bond motifs is 1. The molecule has 0 saturated carbocycles. The van der Waals surface area contributed by atoms with E-state index in [4.69, 9.17) is 5.73 Å². The Balaban J connectivity index is 2.35. The van der Waals surface area contributed by atoms with Crippen LogP contribution in [0.4, 0.5) is 0 Å². The van der Waals surface area contributed by atoms with Crippen LogP contribution in [0.3, 0.4) is 0 Å². The van der Waals surface area contributed by atoms with Gasteiger partial charge in [0.15, 0.2) is 5.69 Å². The summed E-state index contributed by atoms with van der Waals surface area (Å²) in [6.07, 6.45) is 2.04. The number of nitrogens with one attached hydrogen (secondary N) is 1. The van der Waals surface area contributed by atoms with Gasteiger partial charge in [-0.25, -0.2) is 0 Å². The van der Waals surface area contributed by atoms with Crippen LogP contribution in [0, 0.1) is 5.92 Å². The summed E-state index contributed by atoms with van der Waals surface area (Å²) in [5, 5.41) is 7.94. The van der Waals surface area contributed by atoms with Gasteiger partial charge in [0.2, 0.25) is 5.91 Å². The molecule has 23 heavy (non-hydrogen) atoms. The minimum absolute atomic E-state index is 0.0788. The lowest BCUT2D eigenvalue weighted by molar-refractivity contribution is -0.120. The van der Waals surface area contributed by atoms with Crippen LogP contribution in [0.25, 0.3) is 10.9 Å². The molecule has 6 heteroatoms. The molecular formula is C17H24N4O2. The van der Waals surface area contributed by atoms with Gasteiger partial charge in [-0.1, -0.05) is 45.4 Å². The summed E-state index contributed by atoms with van der Waals surface area (Å²) >= 11 is 0. The molecule has 1 aromatic carbocycles. The molecule has 1 atom stereocenters. The highest BCUT2D eigenvalue weighted by atomic mass is 16.2. The number of benzene rings is 1. The highest BCUT2D eigenvalue weighted by molar-refractivity contribution is 6.06. The molecule has 1 heterocycles. The molecule has 0 saturated heterocycles. The lowest BCUT2D eigenvalue weighted by Gasteiger charge is -2.18. The third-order valence-electron chi connectivity index (χ3n) is 3.86. The van der Waals surface area contributed by atoms with E-state index in [1.807, 2.05) is 42.8 Å². The van der Waals surface area contributed by atoms with Crippen molar-refractivity contribution in [3.63, 3.8) is 0 Å². The number of rotatable bonds is 7. The van der Waals surface area contributed by atoms with Gasteiger partial charge in [-0.2, -0.15) is 5.10 Å². The predicted octanol–water partition coefficient (Wildman–Crippen LogP) is 2.08. The van der Waals surface area contributed by atoms with Gasteiger partial charge >= 0.3 is 0 Å². The summed E-state index contributed by atoms with van der Waals surface area (Å²) in [5.41, 5.74) is 6.63. The maximum absolute atomic E-state index is 12.6. The van der Waals surface area contributed by atoms with Gasteiger partial charge in [0.05, 0.1) is 5.52 Å². The van der Waals surface area contributed by atoms with E-state index in [9.17, 15) is 9.59 Å². The number of para-hydroxylation sites is 1. The lowest BCUT2D eigenvalue weighted by atomic mass is 10.0. The molecular weight excluding hydrogens is 292 g/mol. The molecule has 0 aliphatic rings. The number of unbranched alkanes of at least 4 members (excludes halogenated alkanes) is 1. The Hall–Kier alpha value is -2.37. The zero-order chi connectivity index (χ0) is 17.0. The van der Waals surface area contributed by atoms with Gasteiger partial charge in [0.25, 0.3) is 5.91 Å². The van der Waals surface area contributed by atoms with Crippen LogP contribution >= 0.6 is 0 Å². The summed E-state index contributed by atoms with van der Waals surface area (Å²) in [5.74, 6) is -0.984. The van der Waals surface area contributed by atoms with Crippen molar-refractivity contribution in [3.8, 4) is 0 Å². The van der Waals surface area contributed by atoms with E-state index < -0.39 is 11.9 Å². The molecule has 0 spiro atoms. The summed E-state index contributed by atoms with van der Waals surface area (Å²) in [4.78, 5) is 24.1. The number of nitrogens with zero attached hydrogens (tertiary/aromatic N) is 2. The third-order valence-corrected chi connectivity index (χ3v) is 3.86. The van der Waals surface area contributed by atoms with Gasteiger partial charge in [0, 0.05) is 11.9 Å². The maximum Gasteiger partial charge on any atom is 0.273 e. The van der Waals surface area contributed by atoms with Crippen LogP contribution in [0.1, 0.15) is 44.1 Å². The van der Waals surface area contributed by atoms with E-state index in [0.717, 1.165) is 30.3 Å². The normalized spacial score (nSPS) is 12.5. The molecule has 2 aromatic rings. The highest BCUT2D eigenvalue weighted by Crippen LogP contribution is 2.19. The lowest BCUT2D eigenvalue weighted by Crippen LogP contribution is -2.47. The zero-order valence-electron chi connectivity index (χ0n) is 13.9. The number of aryl methyl sites for hydroxylation is 1. The van der Waals surface area contributed by atoms with Crippen LogP contribution in [0.2, 0.25) is 0 Å². The quantitative estimate of drug-likeness (QED) is 0.819. The molecule has 124 valence electrons. The molecule has 0 aliphatic carbocycles. The Morgan fingerprint density at radius 3 is 2.61 bits per heavy atom. The minimum atomic E-state index is -0.706. The van der Waals surface area contributed by atoms with Crippen molar-refractivity contribution in [3.05, 3.63) is 30.0 Å². The Bertz CT molecular complexity index is 706. The molecule has 3 N–H and O–H groups in total. The molecule has 0 fully saturated rings. The first-order valence-electron chi connectivity index (χ1n) is 8.01. The van der Waals surface area contributed by atoms with Gasteiger partial charge in [-0.05, 0) is 18.4 Å². The van der Waals surface area contributed by atoms with Crippen molar-refractivity contribution in [1.29, 1.82) is 0 Å². The Morgan fingerprint density at radius 1 is 1.30 bits per heavy atom. The fourth-order valence-electron chi connectivity index (χ4n) is 2.55. The van der Waals surface area contributed by atoms with Gasteiger partial charge in [-0.3, -0.25) is 14.3 Å². The van der Waals surface area contributed by atoms with Crippen LogP contribution in [-0.2, 0) is 11.3 Å². The number of primary amides is 1. The van der Waals surface area contributed by atoms with Crippen LogP contribution in [0.15, 0.2) is 24.3 Å². The smallest absolute Gasteiger partial charge is 0.273 e. The number of amides is 2. The summed E-state index contributed by atoms with van der Waals surface area (Å²) in [6, 6.07) is 6.91. The fraction of sp³-hybridized carbons (Fsp3) is 0.471. The maximum atomic E-state index is 12.6. The largest absolute Gasteiger partial charge is 0.368 e. The van der Waals surface area contributed by atoms with E-state index in [-0.39, 0.29) is 11.8 Å². The number of carbonyl (C=O) groups excluding carboxylic acids is 2. The van der Waals surface area contributed by atoms with Crippen molar-refractivity contribution in [1.82, 2.24) is 15.1 Å². The highest BCUT2D eigenvalue weighted by Gasteiger charge is 2.25. The fourth-order valence-corrected chi connectivity index (χ4v) is 2.55. The molecule has 2 rings (SSSR count). The van der Waals surface area contributed by atoms with Crippen LogP contribution in [-0.4, -0.2) is 27.6 Å². The molecule has 0 bridgehead atoms. The zero-order valence-corrected chi connectivity index (χ0v) is 13.9. The van der Waals surface area contributed by atoms with E-state index in [0.29, 0.717) is 5.69 Å². The number of hydrogen-bond acceptors (Lipinski definition) is 3. The van der Waals surface area contributed by atoms with Crippen molar-refractivity contribution in [2.24, 2.45) is 11.7 Å². The monoisotopic (exact) mass is 316 g/mol. The number of carbonyl (C=O) groups is 2. The summed E-state index contributed by atoms with van der Waals surface area (Å²) < 4.78 is 1.85. The summed E-state index contributed by atoms with van der Waals surface area (Å²) in [6.45, 7) is 6.55. The van der Waals surface area contributed by atoms with Gasteiger partial charge < -0.3 is 11.1 Å². The molecule has 2 amide bonds. The first-order chi connectivity index (χ1) is 11.0. The van der Waals surface area contributed by atoms with Crippen LogP contribution in [0.5, 0.6) is 0 Å². The second-order valence-electron chi connectivity index (χ2n) is 6.04. The molecule has 0 radical (unpaired) electrons. The Kier molecular flexibility index (Phi) is 5.36. The van der Waals surface area contributed by atoms with E-state index in [1.54, 1.807) is 0 Å². The first-order valence-corrected chi connectivity index (χ1v) is 8.01. The van der Waals surface area contributed by atoms with Crippen molar-refractivity contribution < 1.29 is 9.59 Å². The van der Waals surface area contributed by atoms with E-state index in [2.05, 4.69) is 17.3 Å². The third kappa shape index (κ3) is 3.70. The average molecular weight is 316 g/mol. The molecule has 6 nitrogen and oxygen atoms in total. The standard InChI is InChI=1S/C17H24N4O2/c1-4-5-10-21-13-9-7-6-8-12(13)15(20-21)17(23)19-14(11(2)3)16(18)22/h6-9,11,14H,4-5,10H2,1-3H3,(H2,18,22)(H,19,23)/t14-/m0/s1. The Morgan fingerprint density at radius 2 is 2.00 bits per heavy atom. The molecule has 0 aliphatic heterocycles. The molecule has 0 unspecified atom stereocenters. The number of hydrogen-bond donors (Lipinski definition) is 2. The average Bonchev–Trinajstić information content (AvgIpc) is 2.88. The van der Waals surface area contributed by atoms with Crippen molar-refractivity contribution >= 4 is 22.7 Å². The first kappa shape index (κ1) is 17.0.